The van der Waals surface area contributed by atoms with Gasteiger partial charge in [-0.25, -0.2) is 19.3 Å². The summed E-state index contributed by atoms with van der Waals surface area (Å²) in [5.41, 5.74) is 5.02. The monoisotopic (exact) mass is 507 g/mol. The normalized spacial score (nSPS) is 14.9. The number of carbonyl (C=O) groups is 1. The van der Waals surface area contributed by atoms with E-state index in [4.69, 9.17) is 4.98 Å². The lowest BCUT2D eigenvalue weighted by Gasteiger charge is -2.44. The van der Waals surface area contributed by atoms with Crippen LogP contribution >= 0.6 is 0 Å². The number of aliphatic hydroxyl groups is 1. The molecule has 1 saturated carbocycles. The fourth-order valence-electron chi connectivity index (χ4n) is 5.11. The van der Waals surface area contributed by atoms with E-state index in [1.807, 2.05) is 54.6 Å². The predicted molar refractivity (Wildman–Crippen MR) is 147 cm³/mol. The van der Waals surface area contributed by atoms with E-state index < -0.39 is 11.0 Å². The van der Waals surface area contributed by atoms with Crippen LogP contribution in [0.3, 0.4) is 0 Å². The molecule has 3 N–H and O–H groups in total. The van der Waals surface area contributed by atoms with Crippen molar-refractivity contribution in [2.75, 3.05) is 6.61 Å². The second-order valence-corrected chi connectivity index (χ2v) is 10.7. The van der Waals surface area contributed by atoms with Crippen LogP contribution in [0.25, 0.3) is 39.1 Å². The second kappa shape index (κ2) is 8.92. The van der Waals surface area contributed by atoms with Crippen LogP contribution in [0.1, 0.15) is 38.7 Å². The standard InChI is InChI=1S/C30H29N5O3/c1-29(2,18-36)27(37)32-30(15-6-16-30)21-11-9-20(10-12-21)26-22(19-7-4-3-5-8-19)17-24-23(31-26)13-14-25-33-34-28(38)35(24)25/h3-5,7-14,17,36H,6,15-16,18H2,1-2H3,(H,32,37)(H,34,38). The number of hydrogen-bond acceptors (Lipinski definition) is 5. The molecule has 192 valence electrons. The Morgan fingerprint density at radius 1 is 1.05 bits per heavy atom. The highest BCUT2D eigenvalue weighted by Crippen LogP contribution is 2.43. The van der Waals surface area contributed by atoms with Crippen molar-refractivity contribution in [1.82, 2.24) is 24.9 Å². The topological polar surface area (TPSA) is 112 Å². The number of H-pyrrole nitrogens is 1. The maximum Gasteiger partial charge on any atom is 0.348 e. The van der Waals surface area contributed by atoms with E-state index in [9.17, 15) is 14.7 Å². The van der Waals surface area contributed by atoms with E-state index in [1.54, 1.807) is 24.3 Å². The number of benzene rings is 2. The largest absolute Gasteiger partial charge is 0.395 e. The number of amides is 1. The van der Waals surface area contributed by atoms with Crippen molar-refractivity contribution in [1.29, 1.82) is 0 Å². The average Bonchev–Trinajstić information content (AvgIpc) is 3.31. The molecule has 0 unspecified atom stereocenters. The van der Waals surface area contributed by atoms with Gasteiger partial charge in [0.05, 0.1) is 34.3 Å². The van der Waals surface area contributed by atoms with Gasteiger partial charge in [0, 0.05) is 11.1 Å². The first-order chi connectivity index (χ1) is 18.3. The average molecular weight is 508 g/mol. The van der Waals surface area contributed by atoms with Crippen molar-refractivity contribution in [2.45, 2.75) is 38.6 Å². The van der Waals surface area contributed by atoms with Crippen LogP contribution < -0.4 is 11.0 Å². The van der Waals surface area contributed by atoms with Crippen molar-refractivity contribution in [3.8, 4) is 22.4 Å². The molecule has 0 radical (unpaired) electrons. The number of aromatic amines is 1. The molecule has 1 amide bonds. The van der Waals surface area contributed by atoms with Crippen LogP contribution in [0.15, 0.2) is 77.6 Å². The van der Waals surface area contributed by atoms with Gasteiger partial charge in [-0.3, -0.25) is 4.79 Å². The number of nitrogens with zero attached hydrogens (tertiary/aromatic N) is 3. The van der Waals surface area contributed by atoms with Crippen LogP contribution in [0.2, 0.25) is 0 Å². The Morgan fingerprint density at radius 2 is 1.79 bits per heavy atom. The highest BCUT2D eigenvalue weighted by atomic mass is 16.3. The summed E-state index contributed by atoms with van der Waals surface area (Å²) in [6, 6.07) is 23.8. The molecule has 3 aromatic heterocycles. The summed E-state index contributed by atoms with van der Waals surface area (Å²) in [5, 5.41) is 19.5. The zero-order valence-corrected chi connectivity index (χ0v) is 21.4. The van der Waals surface area contributed by atoms with Crippen LogP contribution in [-0.2, 0) is 10.3 Å². The molecule has 0 bridgehead atoms. The summed E-state index contributed by atoms with van der Waals surface area (Å²) in [7, 11) is 0. The van der Waals surface area contributed by atoms with Crippen LogP contribution in [-0.4, -0.2) is 37.2 Å². The van der Waals surface area contributed by atoms with Crippen LogP contribution in [0, 0.1) is 5.41 Å². The molecule has 8 nitrogen and oxygen atoms in total. The minimum absolute atomic E-state index is 0.146. The third-order valence-corrected chi connectivity index (χ3v) is 7.73. The van der Waals surface area contributed by atoms with Gasteiger partial charge >= 0.3 is 5.69 Å². The van der Waals surface area contributed by atoms with Gasteiger partial charge < -0.3 is 10.4 Å². The summed E-state index contributed by atoms with van der Waals surface area (Å²) in [6.45, 7) is 3.29. The summed E-state index contributed by atoms with van der Waals surface area (Å²) < 4.78 is 1.54. The lowest BCUT2D eigenvalue weighted by atomic mass is 9.71. The molecule has 0 spiro atoms. The van der Waals surface area contributed by atoms with Gasteiger partial charge in [-0.05, 0) is 62.4 Å². The SMILES string of the molecule is CC(C)(CO)C(=O)NC1(c2ccc(-c3nc4ccc5n[nH]c(=O)n5c4cc3-c3ccccc3)cc2)CCC1. The molecule has 0 atom stereocenters. The number of hydrogen-bond donors (Lipinski definition) is 3. The second-order valence-electron chi connectivity index (χ2n) is 10.7. The highest BCUT2D eigenvalue weighted by molar-refractivity contribution is 5.91. The van der Waals surface area contributed by atoms with Gasteiger partial charge in [0.15, 0.2) is 5.65 Å². The number of fused-ring (bicyclic) bond motifs is 3. The third-order valence-electron chi connectivity index (χ3n) is 7.73. The molecular weight excluding hydrogens is 478 g/mol. The zero-order valence-electron chi connectivity index (χ0n) is 21.4. The molecule has 1 aliphatic carbocycles. The lowest BCUT2D eigenvalue weighted by molar-refractivity contribution is -0.134. The van der Waals surface area contributed by atoms with E-state index in [0.717, 1.165) is 47.2 Å². The molecule has 0 aliphatic heterocycles. The maximum atomic E-state index is 12.9. The van der Waals surface area contributed by atoms with E-state index >= 15 is 0 Å². The Morgan fingerprint density at radius 3 is 2.45 bits per heavy atom. The number of rotatable bonds is 6. The zero-order chi connectivity index (χ0) is 26.5. The van der Waals surface area contributed by atoms with Gasteiger partial charge in [-0.15, -0.1) is 0 Å². The fourth-order valence-corrected chi connectivity index (χ4v) is 5.11. The molecule has 38 heavy (non-hydrogen) atoms. The van der Waals surface area contributed by atoms with Gasteiger partial charge in [-0.1, -0.05) is 54.6 Å². The van der Waals surface area contributed by atoms with E-state index in [2.05, 4.69) is 27.6 Å². The van der Waals surface area contributed by atoms with Crippen molar-refractivity contribution in [2.24, 2.45) is 5.41 Å². The Hall–Kier alpha value is -4.30. The number of carbonyl (C=O) groups excluding carboxylic acids is 1. The molecular formula is C30H29N5O3. The highest BCUT2D eigenvalue weighted by Gasteiger charge is 2.42. The summed E-state index contributed by atoms with van der Waals surface area (Å²) in [6.07, 6.45) is 2.75. The first-order valence-electron chi connectivity index (χ1n) is 12.8. The summed E-state index contributed by atoms with van der Waals surface area (Å²) >= 11 is 0. The third kappa shape index (κ3) is 3.88. The van der Waals surface area contributed by atoms with Crippen molar-refractivity contribution in [3.63, 3.8) is 0 Å². The van der Waals surface area contributed by atoms with E-state index in [0.29, 0.717) is 16.7 Å². The van der Waals surface area contributed by atoms with E-state index in [-0.39, 0.29) is 18.2 Å². The minimum Gasteiger partial charge on any atom is -0.395 e. The van der Waals surface area contributed by atoms with Gasteiger partial charge in [0.2, 0.25) is 5.91 Å². The van der Waals surface area contributed by atoms with Crippen LogP contribution in [0.5, 0.6) is 0 Å². The van der Waals surface area contributed by atoms with Crippen molar-refractivity contribution < 1.29 is 9.90 Å². The minimum atomic E-state index is -0.843. The fraction of sp³-hybridized carbons (Fsp3) is 0.267. The Bertz CT molecular complexity index is 1710. The Balaban J connectivity index is 1.45. The number of pyridine rings is 2. The maximum absolute atomic E-state index is 12.9. The van der Waals surface area contributed by atoms with Crippen LogP contribution in [0.4, 0.5) is 0 Å². The first kappa shape index (κ1) is 24.1. The predicted octanol–water partition coefficient (Wildman–Crippen LogP) is 4.42. The van der Waals surface area contributed by atoms with Crippen molar-refractivity contribution >= 4 is 22.6 Å². The molecule has 8 heteroatoms. The smallest absolute Gasteiger partial charge is 0.348 e. The molecule has 5 aromatic rings. The lowest BCUT2D eigenvalue weighted by Crippen LogP contribution is -2.54. The number of nitrogens with one attached hydrogen (secondary N) is 2. The summed E-state index contributed by atoms with van der Waals surface area (Å²) in [5.74, 6) is -0.146. The first-order valence-corrected chi connectivity index (χ1v) is 12.8. The van der Waals surface area contributed by atoms with E-state index in [1.165, 1.54) is 0 Å². The molecule has 1 fully saturated rings. The Kier molecular flexibility index (Phi) is 5.65. The molecule has 6 rings (SSSR count). The number of aromatic nitrogens is 4. The molecule has 1 aliphatic rings. The quantitative estimate of drug-likeness (QED) is 0.315. The van der Waals surface area contributed by atoms with Crippen molar-refractivity contribution in [3.05, 3.63) is 88.8 Å². The van der Waals surface area contributed by atoms with Gasteiger partial charge in [0.25, 0.3) is 0 Å². The molecule has 0 saturated heterocycles. The summed E-state index contributed by atoms with van der Waals surface area (Å²) in [4.78, 5) is 30.4. The van der Waals surface area contributed by atoms with Gasteiger partial charge in [-0.2, -0.15) is 5.10 Å². The van der Waals surface area contributed by atoms with Gasteiger partial charge in [0.1, 0.15) is 0 Å². The Labute approximate surface area is 219 Å². The number of aliphatic hydroxyl groups excluding tert-OH is 1. The molecule has 3 heterocycles. The molecule has 2 aromatic carbocycles.